The molecule has 0 aliphatic heterocycles. The van der Waals surface area contributed by atoms with Gasteiger partial charge in [0.15, 0.2) is 6.20 Å². The molecule has 6 rings (SSSR count). The van der Waals surface area contributed by atoms with Gasteiger partial charge in [-0.05, 0) is 60.7 Å². The molecule has 130 valence electrons. The minimum absolute atomic E-state index is 0.193. The minimum Gasteiger partial charge on any atom is -0.307 e. The smallest absolute Gasteiger partial charge is 0.224 e. The lowest BCUT2D eigenvalue weighted by atomic mass is 9.96. The molecule has 3 heterocycles. The highest BCUT2D eigenvalue weighted by atomic mass is 19.1. The highest BCUT2D eigenvalue weighted by Crippen LogP contribution is 2.41. The number of nitrogens with zero attached hydrogens (tertiary/aromatic N) is 2. The van der Waals surface area contributed by atoms with Gasteiger partial charge in [-0.15, -0.1) is 0 Å². The zero-order chi connectivity index (χ0) is 18.4. The van der Waals surface area contributed by atoms with Crippen LogP contribution in [0.5, 0.6) is 0 Å². The second-order valence-corrected chi connectivity index (χ2v) is 7.60. The van der Waals surface area contributed by atoms with Gasteiger partial charge in [0.2, 0.25) is 5.52 Å². The summed E-state index contributed by atoms with van der Waals surface area (Å²) in [6, 6.07) is 16.0. The Morgan fingerprint density at radius 1 is 0.889 bits per heavy atom. The highest BCUT2D eigenvalue weighted by molar-refractivity contribution is 6.25. The lowest BCUT2D eigenvalue weighted by Crippen LogP contribution is -2.29. The fourth-order valence-electron chi connectivity index (χ4n) is 4.80. The Kier molecular flexibility index (Phi) is 2.62. The lowest BCUT2D eigenvalue weighted by Gasteiger charge is -2.13. The summed E-state index contributed by atoms with van der Waals surface area (Å²) in [4.78, 5) is 0. The summed E-state index contributed by atoms with van der Waals surface area (Å²) in [6.07, 6.45) is 2.13. The summed E-state index contributed by atoms with van der Waals surface area (Å²) in [5.41, 5.74) is 7.16. The maximum Gasteiger partial charge on any atom is 0.224 e. The van der Waals surface area contributed by atoms with E-state index in [-0.39, 0.29) is 5.82 Å². The van der Waals surface area contributed by atoms with Crippen LogP contribution in [0.25, 0.3) is 49.0 Å². The largest absolute Gasteiger partial charge is 0.307 e. The molecular weight excluding hydrogens is 335 g/mol. The molecule has 0 saturated carbocycles. The van der Waals surface area contributed by atoms with Gasteiger partial charge in [0.05, 0.1) is 27.3 Å². The van der Waals surface area contributed by atoms with E-state index in [1.807, 2.05) is 6.07 Å². The van der Waals surface area contributed by atoms with Gasteiger partial charge >= 0.3 is 0 Å². The van der Waals surface area contributed by atoms with E-state index in [4.69, 9.17) is 0 Å². The zero-order valence-corrected chi connectivity index (χ0v) is 15.5. The summed E-state index contributed by atoms with van der Waals surface area (Å²) >= 11 is 0. The quantitative estimate of drug-likeness (QED) is 0.192. The van der Waals surface area contributed by atoms with Crippen molar-refractivity contribution < 1.29 is 8.96 Å². The van der Waals surface area contributed by atoms with Gasteiger partial charge in [-0.25, -0.2) is 8.96 Å². The van der Waals surface area contributed by atoms with Crippen LogP contribution >= 0.6 is 0 Å². The Labute approximate surface area is 155 Å². The second-order valence-electron chi connectivity index (χ2n) is 7.60. The molecule has 0 aliphatic rings. The molecule has 6 aromatic rings. The minimum atomic E-state index is -0.193. The summed E-state index contributed by atoms with van der Waals surface area (Å²) in [7, 11) is 2.11. The van der Waals surface area contributed by atoms with Crippen LogP contribution < -0.4 is 4.57 Å². The van der Waals surface area contributed by atoms with E-state index in [2.05, 4.69) is 66.4 Å². The van der Waals surface area contributed by atoms with Crippen LogP contribution in [0, 0.1) is 19.7 Å². The number of fused-ring (bicyclic) bond motifs is 5. The van der Waals surface area contributed by atoms with Gasteiger partial charge in [-0.2, -0.15) is 0 Å². The first-order valence-electron chi connectivity index (χ1n) is 9.22. The normalized spacial score (nSPS) is 12.4. The Hall–Kier alpha value is -3.20. The third kappa shape index (κ3) is 1.67. The number of hydrogen-bond acceptors (Lipinski definition) is 0. The van der Waals surface area contributed by atoms with Gasteiger partial charge < -0.3 is 4.40 Å². The number of rotatable bonds is 0. The van der Waals surface area contributed by atoms with Gasteiger partial charge in [-0.3, -0.25) is 0 Å². The van der Waals surface area contributed by atoms with Crippen molar-refractivity contribution in [3.63, 3.8) is 0 Å². The fourth-order valence-corrected chi connectivity index (χ4v) is 4.80. The van der Waals surface area contributed by atoms with Gasteiger partial charge in [-0.1, -0.05) is 12.1 Å². The van der Waals surface area contributed by atoms with Crippen molar-refractivity contribution in [1.82, 2.24) is 4.40 Å². The van der Waals surface area contributed by atoms with E-state index >= 15 is 0 Å². The molecule has 0 aliphatic carbocycles. The molecule has 0 N–H and O–H groups in total. The number of benzene rings is 3. The molecular formula is C24H18FN2+. The molecule has 0 unspecified atom stereocenters. The standard InChI is InChI=1S/C24H18FN2/c1-13-11-18-17-12-16(25)7-8-19(17)27-20-6-4-5-15-9-10-26(3)24(22(15)20)21(14(13)2)23(18)27/h4-12H,1-3H3/q+1. The monoisotopic (exact) mass is 353 g/mol. The van der Waals surface area contributed by atoms with E-state index in [1.165, 1.54) is 43.8 Å². The lowest BCUT2D eigenvalue weighted by molar-refractivity contribution is -0.643. The van der Waals surface area contributed by atoms with Crippen molar-refractivity contribution >= 4 is 49.0 Å². The predicted molar refractivity (Wildman–Crippen MR) is 109 cm³/mol. The number of aryl methyl sites for hydroxylation is 3. The average Bonchev–Trinajstić information content (AvgIpc) is 2.97. The third-order valence-corrected chi connectivity index (χ3v) is 6.15. The Morgan fingerprint density at radius 3 is 2.59 bits per heavy atom. The van der Waals surface area contributed by atoms with Crippen LogP contribution in [0.2, 0.25) is 0 Å². The molecule has 3 aromatic heterocycles. The maximum absolute atomic E-state index is 14.1. The molecule has 0 saturated heterocycles. The first kappa shape index (κ1) is 14.9. The van der Waals surface area contributed by atoms with Crippen molar-refractivity contribution in [1.29, 1.82) is 0 Å². The van der Waals surface area contributed by atoms with Crippen molar-refractivity contribution in [2.24, 2.45) is 7.05 Å². The second kappa shape index (κ2) is 4.74. The molecule has 0 bridgehead atoms. The average molecular weight is 353 g/mol. The van der Waals surface area contributed by atoms with Crippen LogP contribution in [0.4, 0.5) is 4.39 Å². The van der Waals surface area contributed by atoms with Crippen LogP contribution in [0.15, 0.2) is 54.7 Å². The van der Waals surface area contributed by atoms with Crippen LogP contribution in [-0.4, -0.2) is 4.40 Å². The van der Waals surface area contributed by atoms with E-state index in [1.54, 1.807) is 12.1 Å². The number of aromatic nitrogens is 2. The van der Waals surface area contributed by atoms with Crippen molar-refractivity contribution in [2.75, 3.05) is 0 Å². The number of pyridine rings is 2. The molecule has 0 spiro atoms. The summed E-state index contributed by atoms with van der Waals surface area (Å²) in [5.74, 6) is -0.193. The SMILES string of the molecule is Cc1cc2c3cc(F)ccc3n3c4cccc5cc[n+](C)c(c(c1C)c23)c54. The topological polar surface area (TPSA) is 8.29 Å². The van der Waals surface area contributed by atoms with E-state index in [9.17, 15) is 4.39 Å². The third-order valence-electron chi connectivity index (χ3n) is 6.15. The molecule has 0 fully saturated rings. The van der Waals surface area contributed by atoms with Crippen molar-refractivity contribution in [2.45, 2.75) is 13.8 Å². The number of hydrogen-bond donors (Lipinski definition) is 0. The Balaban J connectivity index is 2.15. The molecule has 2 nitrogen and oxygen atoms in total. The van der Waals surface area contributed by atoms with E-state index in [0.29, 0.717) is 0 Å². The molecule has 0 amide bonds. The van der Waals surface area contributed by atoms with E-state index < -0.39 is 0 Å². The first-order chi connectivity index (χ1) is 13.1. The predicted octanol–water partition coefficient (Wildman–Crippen LogP) is 5.57. The molecule has 0 atom stereocenters. The zero-order valence-electron chi connectivity index (χ0n) is 15.5. The van der Waals surface area contributed by atoms with Crippen molar-refractivity contribution in [3.8, 4) is 0 Å². The van der Waals surface area contributed by atoms with Gasteiger partial charge in [0.25, 0.3) is 0 Å². The summed E-state index contributed by atoms with van der Waals surface area (Å²) in [5, 5.41) is 5.83. The Bertz CT molecular complexity index is 1560. The number of halogens is 1. The van der Waals surface area contributed by atoms with E-state index in [0.717, 1.165) is 16.3 Å². The summed E-state index contributed by atoms with van der Waals surface area (Å²) in [6.45, 7) is 4.34. The highest BCUT2D eigenvalue weighted by Gasteiger charge is 2.24. The maximum atomic E-state index is 14.1. The van der Waals surface area contributed by atoms with Gasteiger partial charge in [0, 0.05) is 16.8 Å². The molecule has 3 aromatic carbocycles. The van der Waals surface area contributed by atoms with Crippen molar-refractivity contribution in [3.05, 3.63) is 71.7 Å². The fraction of sp³-hybridized carbons (Fsp3) is 0.125. The van der Waals surface area contributed by atoms with Crippen LogP contribution in [0.1, 0.15) is 11.1 Å². The molecule has 0 radical (unpaired) electrons. The first-order valence-corrected chi connectivity index (χ1v) is 9.22. The Morgan fingerprint density at radius 2 is 1.74 bits per heavy atom. The van der Waals surface area contributed by atoms with Crippen LogP contribution in [0.3, 0.4) is 0 Å². The molecule has 3 heteroatoms. The van der Waals surface area contributed by atoms with Gasteiger partial charge in [0.1, 0.15) is 12.9 Å². The molecule has 27 heavy (non-hydrogen) atoms. The van der Waals surface area contributed by atoms with Crippen LogP contribution in [-0.2, 0) is 7.05 Å². The summed E-state index contributed by atoms with van der Waals surface area (Å²) < 4.78 is 18.7.